The minimum absolute atomic E-state index is 0.250. The summed E-state index contributed by atoms with van der Waals surface area (Å²) in [6.45, 7) is 1.65. The monoisotopic (exact) mass is 121 g/mol. The van der Waals surface area contributed by atoms with Crippen molar-refractivity contribution in [1.29, 1.82) is 0 Å². The summed E-state index contributed by atoms with van der Waals surface area (Å²) in [4.78, 5) is 9.24. The molecule has 8 heavy (non-hydrogen) atoms. The van der Waals surface area contributed by atoms with Gasteiger partial charge in [-0.3, -0.25) is 4.79 Å². The van der Waals surface area contributed by atoms with E-state index < -0.39 is 5.97 Å². The Balaban J connectivity index is 0. The molecule has 4 nitrogen and oxygen atoms in total. The quantitative estimate of drug-likeness (QED) is 0.416. The second kappa shape index (κ2) is 9.63. The molecule has 0 aliphatic carbocycles. The minimum atomic E-state index is -0.968. The summed E-state index contributed by atoms with van der Waals surface area (Å²) in [5.41, 5.74) is 4.57. The number of aliphatic hydroxyl groups excluding tert-OH is 1. The van der Waals surface area contributed by atoms with E-state index >= 15 is 0 Å². The lowest BCUT2D eigenvalue weighted by Crippen LogP contribution is -2.10. The summed E-state index contributed by atoms with van der Waals surface area (Å²) in [6, 6.07) is 0. The number of aliphatic carboxylic acids is 1. The van der Waals surface area contributed by atoms with Gasteiger partial charge in [-0.1, -0.05) is 0 Å². The van der Waals surface area contributed by atoms with Gasteiger partial charge >= 0.3 is 5.97 Å². The lowest BCUT2D eigenvalue weighted by atomic mass is 10.7. The van der Waals surface area contributed by atoms with E-state index in [2.05, 4.69) is 5.73 Å². The van der Waals surface area contributed by atoms with Crippen LogP contribution in [0.5, 0.6) is 0 Å². The lowest BCUT2D eigenvalue weighted by Gasteiger charge is -1.73. The van der Waals surface area contributed by atoms with Crippen LogP contribution in [0.4, 0.5) is 0 Å². The second-order valence-electron chi connectivity index (χ2n) is 0.914. The molecule has 0 aliphatic heterocycles. The van der Waals surface area contributed by atoms with Crippen LogP contribution in [-0.2, 0) is 4.79 Å². The van der Waals surface area contributed by atoms with Crippen molar-refractivity contribution in [3.63, 3.8) is 0 Å². The molecule has 0 spiro atoms. The third-order valence-electron chi connectivity index (χ3n) is 0.175. The molecule has 0 rings (SSSR count). The van der Waals surface area contributed by atoms with Gasteiger partial charge in [0.1, 0.15) is 0 Å². The van der Waals surface area contributed by atoms with Gasteiger partial charge in [0, 0.05) is 6.61 Å². The molecule has 0 saturated heterocycles. The first-order valence-electron chi connectivity index (χ1n) is 2.21. The Hall–Kier alpha value is -0.610. The standard InChI is InChI=1S/C2H5NO2.C2H6O/c3-1-2(4)5;1-2-3/h1,3H2,(H,4,5);3H,2H2,1H3. The van der Waals surface area contributed by atoms with E-state index in [0.717, 1.165) is 0 Å². The molecule has 4 heteroatoms. The maximum atomic E-state index is 9.24. The van der Waals surface area contributed by atoms with Gasteiger partial charge in [-0.15, -0.1) is 0 Å². The zero-order valence-electron chi connectivity index (χ0n) is 4.79. The van der Waals surface area contributed by atoms with Crippen LogP contribution in [0.15, 0.2) is 0 Å². The zero-order valence-corrected chi connectivity index (χ0v) is 4.79. The molecule has 0 aromatic carbocycles. The Bertz CT molecular complexity index is 55.2. The van der Waals surface area contributed by atoms with Gasteiger partial charge in [0.15, 0.2) is 0 Å². The third-order valence-corrected chi connectivity index (χ3v) is 0.175. The first-order chi connectivity index (χ1) is 3.68. The molecule has 0 bridgehead atoms. The van der Waals surface area contributed by atoms with Crippen molar-refractivity contribution in [1.82, 2.24) is 0 Å². The van der Waals surface area contributed by atoms with Gasteiger partial charge in [-0.2, -0.15) is 0 Å². The molecule has 0 amide bonds. The Morgan fingerprint density at radius 3 is 1.88 bits per heavy atom. The molecule has 0 heterocycles. The molecular formula is C4H11NO3. The Kier molecular flexibility index (Phi) is 12.5. The van der Waals surface area contributed by atoms with Gasteiger partial charge in [0.2, 0.25) is 0 Å². The first kappa shape index (κ1) is 10.4. The highest BCUT2D eigenvalue weighted by atomic mass is 16.4. The van der Waals surface area contributed by atoms with Crippen LogP contribution < -0.4 is 5.73 Å². The summed E-state index contributed by atoms with van der Waals surface area (Å²) in [5, 5.41) is 15.2. The molecular weight excluding hydrogens is 110 g/mol. The number of hydrogen-bond acceptors (Lipinski definition) is 3. The maximum absolute atomic E-state index is 9.24. The van der Waals surface area contributed by atoms with Crippen molar-refractivity contribution >= 4 is 5.97 Å². The van der Waals surface area contributed by atoms with Crippen molar-refractivity contribution in [2.24, 2.45) is 5.73 Å². The summed E-state index contributed by atoms with van der Waals surface area (Å²) in [6.07, 6.45) is 0. The molecule has 0 radical (unpaired) electrons. The molecule has 0 aromatic heterocycles. The number of carboxylic acids is 1. The Morgan fingerprint density at radius 1 is 1.75 bits per heavy atom. The zero-order chi connectivity index (χ0) is 6.99. The summed E-state index contributed by atoms with van der Waals surface area (Å²) >= 11 is 0. The van der Waals surface area contributed by atoms with Crippen molar-refractivity contribution in [2.45, 2.75) is 6.92 Å². The van der Waals surface area contributed by atoms with Crippen molar-refractivity contribution in [3.8, 4) is 0 Å². The van der Waals surface area contributed by atoms with E-state index in [1.807, 2.05) is 0 Å². The van der Waals surface area contributed by atoms with Crippen molar-refractivity contribution < 1.29 is 15.0 Å². The highest BCUT2D eigenvalue weighted by Crippen LogP contribution is 1.43. The van der Waals surface area contributed by atoms with E-state index in [1.54, 1.807) is 6.92 Å². The van der Waals surface area contributed by atoms with E-state index in [0.29, 0.717) is 0 Å². The van der Waals surface area contributed by atoms with Crippen LogP contribution in [0.3, 0.4) is 0 Å². The Morgan fingerprint density at radius 2 is 1.88 bits per heavy atom. The average molecular weight is 121 g/mol. The number of rotatable bonds is 1. The molecule has 4 N–H and O–H groups in total. The predicted octanol–water partition coefficient (Wildman–Crippen LogP) is -0.972. The third kappa shape index (κ3) is 53.8. The van der Waals surface area contributed by atoms with Crippen LogP contribution in [0, 0.1) is 0 Å². The number of carboxylic acid groups (broad SMARTS) is 1. The molecule has 0 aromatic rings. The van der Waals surface area contributed by atoms with Crippen LogP contribution >= 0.6 is 0 Å². The fraction of sp³-hybridized carbons (Fsp3) is 0.750. The van der Waals surface area contributed by atoms with Gasteiger partial charge < -0.3 is 15.9 Å². The van der Waals surface area contributed by atoms with Crippen molar-refractivity contribution in [2.75, 3.05) is 13.2 Å². The fourth-order valence-electron chi connectivity index (χ4n) is 0. The molecule has 0 saturated carbocycles. The lowest BCUT2D eigenvalue weighted by molar-refractivity contribution is -0.135. The second-order valence-corrected chi connectivity index (χ2v) is 0.914. The molecule has 0 aliphatic rings. The van der Waals surface area contributed by atoms with E-state index in [-0.39, 0.29) is 13.2 Å². The van der Waals surface area contributed by atoms with E-state index in [4.69, 9.17) is 10.2 Å². The van der Waals surface area contributed by atoms with Gasteiger partial charge in [-0.05, 0) is 6.92 Å². The molecule has 50 valence electrons. The largest absolute Gasteiger partial charge is 0.480 e. The predicted molar refractivity (Wildman–Crippen MR) is 29.4 cm³/mol. The molecule has 0 atom stereocenters. The highest BCUT2D eigenvalue weighted by molar-refractivity contribution is 5.68. The normalized spacial score (nSPS) is 6.88. The summed E-state index contributed by atoms with van der Waals surface area (Å²) in [5.74, 6) is -0.968. The van der Waals surface area contributed by atoms with Gasteiger partial charge in [0.05, 0.1) is 6.54 Å². The number of hydrogen-bond donors (Lipinski definition) is 3. The average Bonchev–Trinajstić information content (AvgIpc) is 1.69. The van der Waals surface area contributed by atoms with Crippen LogP contribution in [0.25, 0.3) is 0 Å². The topological polar surface area (TPSA) is 83.5 Å². The number of nitrogens with two attached hydrogens (primary N) is 1. The highest BCUT2D eigenvalue weighted by Gasteiger charge is 1.81. The SMILES string of the molecule is CCO.NCC(=O)O. The van der Waals surface area contributed by atoms with Gasteiger partial charge in [-0.25, -0.2) is 0 Å². The molecule has 0 unspecified atom stereocenters. The van der Waals surface area contributed by atoms with Gasteiger partial charge in [0.25, 0.3) is 0 Å². The maximum Gasteiger partial charge on any atom is 0.317 e. The summed E-state index contributed by atoms with van der Waals surface area (Å²) < 4.78 is 0. The minimum Gasteiger partial charge on any atom is -0.480 e. The van der Waals surface area contributed by atoms with Crippen LogP contribution in [-0.4, -0.2) is 29.3 Å². The number of carbonyl (C=O) groups is 1. The van der Waals surface area contributed by atoms with Crippen LogP contribution in [0.2, 0.25) is 0 Å². The first-order valence-corrected chi connectivity index (χ1v) is 2.21. The fourth-order valence-corrected chi connectivity index (χ4v) is 0. The van der Waals surface area contributed by atoms with Crippen LogP contribution in [0.1, 0.15) is 6.92 Å². The number of aliphatic hydroxyl groups is 1. The van der Waals surface area contributed by atoms with E-state index in [9.17, 15) is 4.79 Å². The Labute approximate surface area is 47.9 Å². The smallest absolute Gasteiger partial charge is 0.317 e. The van der Waals surface area contributed by atoms with E-state index in [1.165, 1.54) is 0 Å². The summed E-state index contributed by atoms with van der Waals surface area (Å²) in [7, 11) is 0. The van der Waals surface area contributed by atoms with Crippen molar-refractivity contribution in [3.05, 3.63) is 0 Å². The molecule has 0 fully saturated rings.